The maximum absolute atomic E-state index is 12.2. The van der Waals surface area contributed by atoms with Crippen LogP contribution in [0, 0.1) is 0 Å². The minimum atomic E-state index is -0.384. The molecule has 0 saturated heterocycles. The predicted octanol–water partition coefficient (Wildman–Crippen LogP) is 2.86. The van der Waals surface area contributed by atoms with Crippen molar-refractivity contribution >= 4 is 5.78 Å². The Morgan fingerprint density at radius 3 is 2.55 bits per heavy atom. The number of carbonyl (C=O) groups is 1. The second-order valence-corrected chi connectivity index (χ2v) is 5.57. The minimum Gasteiger partial charge on any atom is -0.321 e. The van der Waals surface area contributed by atoms with Gasteiger partial charge in [0.15, 0.2) is 0 Å². The lowest BCUT2D eigenvalue weighted by Crippen LogP contribution is -2.35. The van der Waals surface area contributed by atoms with E-state index in [4.69, 9.17) is 5.73 Å². The normalized spacial score (nSPS) is 17.9. The highest BCUT2D eigenvalue weighted by Gasteiger charge is 2.29. The summed E-state index contributed by atoms with van der Waals surface area (Å²) in [6, 6.07) is 17.9. The Bertz CT molecular complexity index is 606. The summed E-state index contributed by atoms with van der Waals surface area (Å²) in [6.45, 7) is 0. The predicted molar refractivity (Wildman–Crippen MR) is 80.6 cm³/mol. The van der Waals surface area contributed by atoms with Crippen molar-refractivity contribution in [1.82, 2.24) is 0 Å². The van der Waals surface area contributed by atoms with Gasteiger partial charge < -0.3 is 5.73 Å². The standard InChI is InChI=1S/C18H19NO/c19-17(10-13-6-2-1-3-7-13)18(20)12-15-11-14-8-4-5-9-16(14)15/h1-9,15,17H,10-12,19H2. The second-order valence-electron chi connectivity index (χ2n) is 5.57. The highest BCUT2D eigenvalue weighted by Crippen LogP contribution is 2.37. The first-order chi connectivity index (χ1) is 9.74. The van der Waals surface area contributed by atoms with Crippen molar-refractivity contribution in [2.75, 3.05) is 0 Å². The zero-order chi connectivity index (χ0) is 13.9. The molecule has 20 heavy (non-hydrogen) atoms. The second kappa shape index (κ2) is 5.59. The number of benzene rings is 2. The smallest absolute Gasteiger partial charge is 0.150 e. The van der Waals surface area contributed by atoms with Crippen molar-refractivity contribution in [2.45, 2.75) is 31.2 Å². The first-order valence-corrected chi connectivity index (χ1v) is 7.14. The SMILES string of the molecule is NC(Cc1ccccc1)C(=O)CC1Cc2ccccc21. The molecular weight excluding hydrogens is 246 g/mol. The number of nitrogens with two attached hydrogens (primary N) is 1. The highest BCUT2D eigenvalue weighted by atomic mass is 16.1. The van der Waals surface area contributed by atoms with E-state index in [1.54, 1.807) is 0 Å². The van der Waals surface area contributed by atoms with Crippen LogP contribution in [-0.4, -0.2) is 11.8 Å². The Morgan fingerprint density at radius 1 is 1.10 bits per heavy atom. The molecule has 0 aliphatic heterocycles. The summed E-state index contributed by atoms with van der Waals surface area (Å²) >= 11 is 0. The molecule has 0 saturated carbocycles. The van der Waals surface area contributed by atoms with Gasteiger partial charge in [-0.25, -0.2) is 0 Å². The Hall–Kier alpha value is -1.93. The number of hydrogen-bond donors (Lipinski definition) is 1. The Kier molecular flexibility index (Phi) is 3.66. The van der Waals surface area contributed by atoms with Crippen molar-refractivity contribution in [2.24, 2.45) is 5.73 Å². The quantitative estimate of drug-likeness (QED) is 0.903. The molecule has 1 aliphatic carbocycles. The monoisotopic (exact) mass is 265 g/mol. The molecule has 2 nitrogen and oxygen atoms in total. The number of Topliss-reactive ketones (excluding diaryl/α,β-unsaturated/α-hetero) is 1. The fraction of sp³-hybridized carbons (Fsp3) is 0.278. The van der Waals surface area contributed by atoms with Gasteiger partial charge in [0, 0.05) is 6.42 Å². The zero-order valence-corrected chi connectivity index (χ0v) is 11.5. The third-order valence-electron chi connectivity index (χ3n) is 4.12. The summed E-state index contributed by atoms with van der Waals surface area (Å²) in [4.78, 5) is 12.2. The molecule has 0 radical (unpaired) electrons. The van der Waals surface area contributed by atoms with E-state index in [2.05, 4.69) is 18.2 Å². The first-order valence-electron chi connectivity index (χ1n) is 7.14. The average molecular weight is 265 g/mol. The molecule has 3 rings (SSSR count). The number of ketones is 1. The van der Waals surface area contributed by atoms with E-state index in [0.29, 0.717) is 18.8 Å². The Labute approximate surface area is 119 Å². The molecule has 0 fully saturated rings. The van der Waals surface area contributed by atoms with Gasteiger partial charge in [-0.15, -0.1) is 0 Å². The summed E-state index contributed by atoms with van der Waals surface area (Å²) in [7, 11) is 0. The third-order valence-corrected chi connectivity index (χ3v) is 4.12. The van der Waals surface area contributed by atoms with Crippen LogP contribution in [0.2, 0.25) is 0 Å². The van der Waals surface area contributed by atoms with Crippen molar-refractivity contribution in [3.63, 3.8) is 0 Å². The number of fused-ring (bicyclic) bond motifs is 1. The summed E-state index contributed by atoms with van der Waals surface area (Å²) in [5.74, 6) is 0.550. The molecule has 2 atom stereocenters. The lowest BCUT2D eigenvalue weighted by molar-refractivity contribution is -0.120. The van der Waals surface area contributed by atoms with Gasteiger partial charge in [0.1, 0.15) is 5.78 Å². The van der Waals surface area contributed by atoms with E-state index in [1.165, 1.54) is 11.1 Å². The molecule has 0 amide bonds. The van der Waals surface area contributed by atoms with E-state index in [-0.39, 0.29) is 11.8 Å². The maximum Gasteiger partial charge on any atom is 0.150 e. The van der Waals surface area contributed by atoms with Crippen LogP contribution in [0.5, 0.6) is 0 Å². The van der Waals surface area contributed by atoms with Crippen LogP contribution in [-0.2, 0) is 17.6 Å². The van der Waals surface area contributed by atoms with E-state index in [1.807, 2.05) is 36.4 Å². The van der Waals surface area contributed by atoms with Crippen LogP contribution in [0.15, 0.2) is 54.6 Å². The molecule has 2 aromatic rings. The fourth-order valence-electron chi connectivity index (χ4n) is 2.92. The minimum absolute atomic E-state index is 0.174. The van der Waals surface area contributed by atoms with E-state index >= 15 is 0 Å². The molecule has 0 aromatic heterocycles. The maximum atomic E-state index is 12.2. The van der Waals surface area contributed by atoms with Crippen LogP contribution < -0.4 is 5.73 Å². The molecule has 102 valence electrons. The van der Waals surface area contributed by atoms with Crippen LogP contribution >= 0.6 is 0 Å². The number of rotatable bonds is 5. The van der Waals surface area contributed by atoms with Crippen molar-refractivity contribution < 1.29 is 4.79 Å². The number of hydrogen-bond acceptors (Lipinski definition) is 2. The first kappa shape index (κ1) is 13.1. The van der Waals surface area contributed by atoms with Gasteiger partial charge >= 0.3 is 0 Å². The van der Waals surface area contributed by atoms with Gasteiger partial charge in [-0.2, -0.15) is 0 Å². The lowest BCUT2D eigenvalue weighted by atomic mass is 9.74. The molecule has 2 unspecified atom stereocenters. The molecule has 2 heteroatoms. The van der Waals surface area contributed by atoms with Gasteiger partial charge in [-0.1, -0.05) is 54.6 Å². The van der Waals surface area contributed by atoms with Crippen molar-refractivity contribution in [3.05, 3.63) is 71.3 Å². The van der Waals surface area contributed by atoms with E-state index in [0.717, 1.165) is 12.0 Å². The Balaban J connectivity index is 1.58. The van der Waals surface area contributed by atoms with E-state index < -0.39 is 0 Å². The molecule has 2 N–H and O–H groups in total. The van der Waals surface area contributed by atoms with Crippen LogP contribution in [0.25, 0.3) is 0 Å². The topological polar surface area (TPSA) is 43.1 Å². The molecular formula is C18H19NO. The third kappa shape index (κ3) is 2.66. The molecule has 2 aromatic carbocycles. The van der Waals surface area contributed by atoms with Gasteiger partial charge in [0.05, 0.1) is 6.04 Å². The zero-order valence-electron chi connectivity index (χ0n) is 11.5. The van der Waals surface area contributed by atoms with Gasteiger partial charge in [-0.3, -0.25) is 4.79 Å². The molecule has 1 aliphatic rings. The molecule has 0 heterocycles. The lowest BCUT2D eigenvalue weighted by Gasteiger charge is -2.30. The van der Waals surface area contributed by atoms with Gasteiger partial charge in [-0.05, 0) is 35.4 Å². The van der Waals surface area contributed by atoms with Crippen LogP contribution in [0.3, 0.4) is 0 Å². The summed E-state index contributed by atoms with van der Waals surface area (Å²) in [6.07, 6.45) is 2.22. The van der Waals surface area contributed by atoms with Crippen molar-refractivity contribution in [3.8, 4) is 0 Å². The summed E-state index contributed by atoms with van der Waals surface area (Å²) < 4.78 is 0. The van der Waals surface area contributed by atoms with Crippen LogP contribution in [0.4, 0.5) is 0 Å². The number of carbonyl (C=O) groups excluding carboxylic acids is 1. The van der Waals surface area contributed by atoms with Gasteiger partial charge in [0.2, 0.25) is 0 Å². The summed E-state index contributed by atoms with van der Waals surface area (Å²) in [5, 5.41) is 0. The summed E-state index contributed by atoms with van der Waals surface area (Å²) in [5.41, 5.74) is 9.88. The molecule has 0 spiro atoms. The van der Waals surface area contributed by atoms with Crippen molar-refractivity contribution in [1.29, 1.82) is 0 Å². The fourth-order valence-corrected chi connectivity index (χ4v) is 2.92. The van der Waals surface area contributed by atoms with E-state index in [9.17, 15) is 4.79 Å². The van der Waals surface area contributed by atoms with Crippen LogP contribution in [0.1, 0.15) is 29.0 Å². The largest absolute Gasteiger partial charge is 0.321 e. The molecule has 0 bridgehead atoms. The van der Waals surface area contributed by atoms with Gasteiger partial charge in [0.25, 0.3) is 0 Å². The Morgan fingerprint density at radius 2 is 1.80 bits per heavy atom. The highest BCUT2D eigenvalue weighted by molar-refractivity contribution is 5.85. The average Bonchev–Trinajstić information content (AvgIpc) is 2.45.